The lowest BCUT2D eigenvalue weighted by Crippen LogP contribution is -2.47. The van der Waals surface area contributed by atoms with Gasteiger partial charge in [0.25, 0.3) is 5.91 Å². The number of carbonyl (C=O) groups is 2. The van der Waals surface area contributed by atoms with E-state index < -0.39 is 5.97 Å². The Bertz CT molecular complexity index is 701. The second kappa shape index (κ2) is 6.87. The van der Waals surface area contributed by atoms with Crippen molar-refractivity contribution >= 4 is 23.6 Å². The Balaban J connectivity index is 1.79. The summed E-state index contributed by atoms with van der Waals surface area (Å²) in [5.41, 5.74) is 1.46. The van der Waals surface area contributed by atoms with Crippen molar-refractivity contribution < 1.29 is 19.2 Å². The number of benzene rings is 1. The van der Waals surface area contributed by atoms with Gasteiger partial charge in [0.15, 0.2) is 0 Å². The van der Waals surface area contributed by atoms with Crippen LogP contribution in [-0.2, 0) is 4.79 Å². The molecular weight excluding hydrogens is 316 g/mol. The molecule has 0 saturated carbocycles. The van der Waals surface area contributed by atoms with Gasteiger partial charge in [0.1, 0.15) is 5.69 Å². The number of carboxylic acid groups (broad SMARTS) is 1. The Kier molecular flexibility index (Phi) is 4.66. The maximum atomic E-state index is 12.6. The predicted molar refractivity (Wildman–Crippen MR) is 86.3 cm³/mol. The van der Waals surface area contributed by atoms with E-state index in [9.17, 15) is 9.59 Å². The molecule has 2 heterocycles. The molecule has 1 N–H and O–H groups in total. The van der Waals surface area contributed by atoms with Gasteiger partial charge in [0.05, 0.1) is 12.5 Å². The number of rotatable bonds is 4. The van der Waals surface area contributed by atoms with Crippen molar-refractivity contribution in [2.75, 3.05) is 18.1 Å². The van der Waals surface area contributed by atoms with E-state index in [1.807, 2.05) is 30.3 Å². The van der Waals surface area contributed by atoms with Crippen molar-refractivity contribution in [1.29, 1.82) is 0 Å². The molecule has 1 aliphatic heterocycles. The fraction of sp³-hybridized carbons (Fsp3) is 0.312. The SMILES string of the molecule is O=C(O)CC1CSCCN1C(=O)c1cc(-c2ccccc2)no1. The van der Waals surface area contributed by atoms with Crippen LogP contribution >= 0.6 is 11.8 Å². The first-order chi connectivity index (χ1) is 11.1. The van der Waals surface area contributed by atoms with Gasteiger partial charge in [0.2, 0.25) is 5.76 Å². The van der Waals surface area contributed by atoms with Gasteiger partial charge in [-0.05, 0) is 0 Å². The first-order valence-corrected chi connectivity index (χ1v) is 8.43. The number of thioether (sulfide) groups is 1. The highest BCUT2D eigenvalue weighted by Gasteiger charge is 2.31. The molecule has 1 unspecified atom stereocenters. The van der Waals surface area contributed by atoms with Gasteiger partial charge in [-0.15, -0.1) is 0 Å². The number of aromatic nitrogens is 1. The fourth-order valence-electron chi connectivity index (χ4n) is 2.56. The van der Waals surface area contributed by atoms with Crippen molar-refractivity contribution in [3.8, 4) is 11.3 Å². The molecule has 1 amide bonds. The van der Waals surface area contributed by atoms with E-state index in [0.717, 1.165) is 11.3 Å². The van der Waals surface area contributed by atoms with E-state index in [0.29, 0.717) is 18.0 Å². The summed E-state index contributed by atoms with van der Waals surface area (Å²) in [6.07, 6.45) is -0.0571. The van der Waals surface area contributed by atoms with Crippen LogP contribution in [0, 0.1) is 0 Å². The van der Waals surface area contributed by atoms with Gasteiger partial charge >= 0.3 is 5.97 Å². The third-order valence-electron chi connectivity index (χ3n) is 3.69. The number of amides is 1. The molecule has 0 aliphatic carbocycles. The van der Waals surface area contributed by atoms with Crippen molar-refractivity contribution in [3.63, 3.8) is 0 Å². The standard InChI is InChI=1S/C16H16N2O4S/c19-15(20)8-12-10-23-7-6-18(12)16(21)14-9-13(17-22-14)11-4-2-1-3-5-11/h1-5,9,12H,6-8,10H2,(H,19,20). The average Bonchev–Trinajstić information content (AvgIpc) is 3.05. The molecule has 1 fully saturated rings. The van der Waals surface area contributed by atoms with Crippen LogP contribution in [-0.4, -0.2) is 51.1 Å². The van der Waals surface area contributed by atoms with Crippen LogP contribution in [0.2, 0.25) is 0 Å². The zero-order chi connectivity index (χ0) is 16.2. The van der Waals surface area contributed by atoms with Crippen molar-refractivity contribution in [2.45, 2.75) is 12.5 Å². The second-order valence-electron chi connectivity index (χ2n) is 5.27. The molecule has 0 radical (unpaired) electrons. The molecule has 1 atom stereocenters. The van der Waals surface area contributed by atoms with Gasteiger partial charge < -0.3 is 14.5 Å². The zero-order valence-electron chi connectivity index (χ0n) is 12.3. The summed E-state index contributed by atoms with van der Waals surface area (Å²) >= 11 is 1.66. The zero-order valence-corrected chi connectivity index (χ0v) is 13.2. The lowest BCUT2D eigenvalue weighted by Gasteiger charge is -2.33. The number of aliphatic carboxylic acids is 1. The highest BCUT2D eigenvalue weighted by atomic mass is 32.2. The summed E-state index contributed by atoms with van der Waals surface area (Å²) in [6.45, 7) is 0.517. The number of hydrogen-bond donors (Lipinski definition) is 1. The highest BCUT2D eigenvalue weighted by Crippen LogP contribution is 2.24. The number of nitrogens with zero attached hydrogens (tertiary/aromatic N) is 2. The molecule has 3 rings (SSSR count). The second-order valence-corrected chi connectivity index (χ2v) is 6.42. The molecule has 0 bridgehead atoms. The van der Waals surface area contributed by atoms with Crippen molar-refractivity contribution in [2.24, 2.45) is 0 Å². The van der Waals surface area contributed by atoms with Crippen LogP contribution in [0.5, 0.6) is 0 Å². The highest BCUT2D eigenvalue weighted by molar-refractivity contribution is 7.99. The Morgan fingerprint density at radius 2 is 2.13 bits per heavy atom. The van der Waals surface area contributed by atoms with E-state index in [-0.39, 0.29) is 24.1 Å². The molecule has 1 aliphatic rings. The van der Waals surface area contributed by atoms with E-state index >= 15 is 0 Å². The normalized spacial score (nSPS) is 17.9. The van der Waals surface area contributed by atoms with Crippen LogP contribution < -0.4 is 0 Å². The van der Waals surface area contributed by atoms with Gasteiger partial charge in [-0.3, -0.25) is 9.59 Å². The van der Waals surface area contributed by atoms with Gasteiger partial charge in [-0.2, -0.15) is 11.8 Å². The Hall–Kier alpha value is -2.28. The molecule has 120 valence electrons. The molecule has 1 saturated heterocycles. The first kappa shape index (κ1) is 15.6. The van der Waals surface area contributed by atoms with E-state index in [2.05, 4.69) is 5.16 Å². The molecule has 6 nitrogen and oxygen atoms in total. The largest absolute Gasteiger partial charge is 0.481 e. The van der Waals surface area contributed by atoms with Crippen LogP contribution in [0.4, 0.5) is 0 Å². The third-order valence-corrected chi connectivity index (χ3v) is 4.78. The van der Waals surface area contributed by atoms with Crippen LogP contribution in [0.25, 0.3) is 11.3 Å². The summed E-state index contributed by atoms with van der Waals surface area (Å²) < 4.78 is 5.19. The molecule has 7 heteroatoms. The maximum absolute atomic E-state index is 12.6. The van der Waals surface area contributed by atoms with Gasteiger partial charge in [-0.25, -0.2) is 0 Å². The van der Waals surface area contributed by atoms with E-state index in [4.69, 9.17) is 9.63 Å². The molecule has 23 heavy (non-hydrogen) atoms. The minimum Gasteiger partial charge on any atom is -0.481 e. The van der Waals surface area contributed by atoms with Crippen molar-refractivity contribution in [1.82, 2.24) is 10.1 Å². The average molecular weight is 332 g/mol. The quantitative estimate of drug-likeness (QED) is 0.925. The number of carboxylic acids is 1. The van der Waals surface area contributed by atoms with Gasteiger partial charge in [-0.1, -0.05) is 35.5 Å². The minimum atomic E-state index is -0.905. The molecular formula is C16H16N2O4S. The van der Waals surface area contributed by atoms with Crippen LogP contribution in [0.3, 0.4) is 0 Å². The van der Waals surface area contributed by atoms with E-state index in [1.165, 1.54) is 0 Å². The summed E-state index contributed by atoms with van der Waals surface area (Å²) in [5, 5.41) is 12.9. The van der Waals surface area contributed by atoms with Gasteiger partial charge in [0, 0.05) is 29.7 Å². The predicted octanol–water partition coefficient (Wildman–Crippen LogP) is 2.37. The lowest BCUT2D eigenvalue weighted by molar-refractivity contribution is -0.138. The summed E-state index contributed by atoms with van der Waals surface area (Å²) in [7, 11) is 0. The Morgan fingerprint density at radius 3 is 2.87 bits per heavy atom. The molecule has 1 aromatic carbocycles. The summed E-state index contributed by atoms with van der Waals surface area (Å²) in [4.78, 5) is 25.2. The molecule has 1 aromatic heterocycles. The first-order valence-electron chi connectivity index (χ1n) is 7.28. The monoisotopic (exact) mass is 332 g/mol. The van der Waals surface area contributed by atoms with Crippen LogP contribution in [0.1, 0.15) is 17.0 Å². The maximum Gasteiger partial charge on any atom is 0.305 e. The summed E-state index contributed by atoms with van der Waals surface area (Å²) in [6, 6.07) is 10.7. The number of carbonyl (C=O) groups excluding carboxylic acids is 1. The lowest BCUT2D eigenvalue weighted by atomic mass is 10.1. The molecule has 0 spiro atoms. The smallest absolute Gasteiger partial charge is 0.305 e. The van der Waals surface area contributed by atoms with Crippen LogP contribution in [0.15, 0.2) is 40.9 Å². The van der Waals surface area contributed by atoms with Crippen molar-refractivity contribution in [3.05, 3.63) is 42.2 Å². The third kappa shape index (κ3) is 3.56. The van der Waals surface area contributed by atoms with E-state index in [1.54, 1.807) is 22.7 Å². The fourth-order valence-corrected chi connectivity index (χ4v) is 3.62. The molecule has 2 aromatic rings. The number of hydrogen-bond acceptors (Lipinski definition) is 5. The topological polar surface area (TPSA) is 83.6 Å². The Labute approximate surface area is 137 Å². The Morgan fingerprint density at radius 1 is 1.35 bits per heavy atom. The minimum absolute atomic E-state index is 0.0571. The summed E-state index contributed by atoms with van der Waals surface area (Å²) in [5.74, 6) is 0.356.